The lowest BCUT2D eigenvalue weighted by molar-refractivity contribution is -0.384. The topological polar surface area (TPSA) is 128 Å². The summed E-state index contributed by atoms with van der Waals surface area (Å²) in [5.74, 6) is -1.25. The number of aromatic nitrogens is 2. The standard InChI is InChI=1S/C17H19N5O5.ClH/c1-27-17(24)11-7-12(9-14(8-11)22(25)26)19-16(23)15-4-6-21(20-15)13-3-2-5-18-10-13;/h4,6-9,13,18H,2-3,5,10H2,1H3,(H,19,23);1H. The van der Waals surface area contributed by atoms with Gasteiger partial charge in [-0.1, -0.05) is 0 Å². The molecule has 0 saturated carbocycles. The number of benzene rings is 1. The monoisotopic (exact) mass is 409 g/mol. The number of rotatable bonds is 5. The van der Waals surface area contributed by atoms with Crippen LogP contribution in [-0.2, 0) is 4.74 Å². The van der Waals surface area contributed by atoms with Crippen LogP contribution in [-0.4, -0.2) is 46.8 Å². The van der Waals surface area contributed by atoms with Crippen LogP contribution in [0.1, 0.15) is 39.7 Å². The summed E-state index contributed by atoms with van der Waals surface area (Å²) in [4.78, 5) is 34.6. The summed E-state index contributed by atoms with van der Waals surface area (Å²) in [6.07, 6.45) is 3.75. The van der Waals surface area contributed by atoms with Gasteiger partial charge >= 0.3 is 5.97 Å². The number of halogens is 1. The van der Waals surface area contributed by atoms with Crippen molar-refractivity contribution >= 4 is 35.7 Å². The first-order chi connectivity index (χ1) is 13.0. The molecular weight excluding hydrogens is 390 g/mol. The van der Waals surface area contributed by atoms with Gasteiger partial charge in [-0.15, -0.1) is 12.4 Å². The van der Waals surface area contributed by atoms with Crippen molar-refractivity contribution in [2.45, 2.75) is 18.9 Å². The molecule has 3 rings (SSSR count). The van der Waals surface area contributed by atoms with E-state index in [1.165, 1.54) is 19.2 Å². The number of amides is 1. The first-order valence-corrected chi connectivity index (χ1v) is 8.43. The minimum Gasteiger partial charge on any atom is -0.465 e. The molecule has 10 nitrogen and oxygen atoms in total. The SMILES string of the molecule is COC(=O)c1cc(NC(=O)c2ccn(C3CCCNC3)n2)cc([N+](=O)[O-])c1.Cl. The van der Waals surface area contributed by atoms with Crippen LogP contribution in [0.5, 0.6) is 0 Å². The fourth-order valence-corrected chi connectivity index (χ4v) is 2.94. The van der Waals surface area contributed by atoms with Crippen molar-refractivity contribution in [1.82, 2.24) is 15.1 Å². The molecule has 1 aromatic carbocycles. The number of nitrogens with zero attached hydrogens (tertiary/aromatic N) is 3. The van der Waals surface area contributed by atoms with Crippen LogP contribution in [0, 0.1) is 10.1 Å². The molecule has 1 atom stereocenters. The van der Waals surface area contributed by atoms with Gasteiger partial charge in [0.05, 0.1) is 23.6 Å². The van der Waals surface area contributed by atoms with Crippen molar-refractivity contribution in [3.8, 4) is 0 Å². The maximum absolute atomic E-state index is 12.5. The molecule has 1 unspecified atom stereocenters. The second-order valence-electron chi connectivity index (χ2n) is 6.15. The number of nitro groups is 1. The number of ether oxygens (including phenoxy) is 1. The quantitative estimate of drug-likeness (QED) is 0.440. The molecule has 1 saturated heterocycles. The zero-order valence-corrected chi connectivity index (χ0v) is 15.9. The maximum atomic E-state index is 12.5. The molecule has 1 fully saturated rings. The average Bonchev–Trinajstić information content (AvgIpc) is 3.18. The van der Waals surface area contributed by atoms with Crippen LogP contribution in [0.15, 0.2) is 30.5 Å². The summed E-state index contributed by atoms with van der Waals surface area (Å²) in [6, 6.07) is 5.35. The first kappa shape index (κ1) is 21.3. The number of nitrogens with one attached hydrogen (secondary N) is 2. The summed E-state index contributed by atoms with van der Waals surface area (Å²) >= 11 is 0. The summed E-state index contributed by atoms with van der Waals surface area (Å²) in [7, 11) is 1.17. The van der Waals surface area contributed by atoms with E-state index in [2.05, 4.69) is 20.5 Å². The molecular formula is C17H20ClN5O5. The van der Waals surface area contributed by atoms with Gasteiger partial charge in [-0.3, -0.25) is 19.6 Å². The largest absolute Gasteiger partial charge is 0.465 e. The third-order valence-electron chi connectivity index (χ3n) is 4.29. The van der Waals surface area contributed by atoms with Crippen molar-refractivity contribution in [3.63, 3.8) is 0 Å². The molecule has 0 bridgehead atoms. The van der Waals surface area contributed by atoms with Gasteiger partial charge in [-0.05, 0) is 31.5 Å². The summed E-state index contributed by atoms with van der Waals surface area (Å²) in [5.41, 5.74) is -0.0528. The predicted octanol–water partition coefficient (Wildman–Crippen LogP) is 2.18. The minimum atomic E-state index is -0.733. The lowest BCUT2D eigenvalue weighted by Gasteiger charge is -2.22. The van der Waals surface area contributed by atoms with Crippen molar-refractivity contribution in [2.24, 2.45) is 0 Å². The number of nitro benzene ring substituents is 1. The lowest BCUT2D eigenvalue weighted by atomic mass is 10.1. The molecule has 0 spiro atoms. The summed E-state index contributed by atoms with van der Waals surface area (Å²) < 4.78 is 6.33. The Hall–Kier alpha value is -2.98. The third-order valence-corrected chi connectivity index (χ3v) is 4.29. The Morgan fingerprint density at radius 1 is 1.39 bits per heavy atom. The average molecular weight is 410 g/mol. The Morgan fingerprint density at radius 2 is 2.18 bits per heavy atom. The van der Waals surface area contributed by atoms with E-state index >= 15 is 0 Å². The number of carbonyl (C=O) groups excluding carboxylic acids is 2. The van der Waals surface area contributed by atoms with Gasteiger partial charge in [-0.2, -0.15) is 5.10 Å². The summed E-state index contributed by atoms with van der Waals surface area (Å²) in [5, 5.41) is 21.2. The van der Waals surface area contributed by atoms with Gasteiger partial charge in [0.1, 0.15) is 0 Å². The minimum absolute atomic E-state index is 0. The Kier molecular flexibility index (Phi) is 7.07. The van der Waals surface area contributed by atoms with Crippen LogP contribution in [0.25, 0.3) is 0 Å². The predicted molar refractivity (Wildman–Crippen MR) is 103 cm³/mol. The number of methoxy groups -OCH3 is 1. The van der Waals surface area contributed by atoms with E-state index in [4.69, 9.17) is 0 Å². The number of piperidine rings is 1. The van der Waals surface area contributed by atoms with Gasteiger partial charge in [0, 0.05) is 30.6 Å². The van der Waals surface area contributed by atoms with Crippen LogP contribution in [0.2, 0.25) is 0 Å². The molecule has 2 aromatic rings. The highest BCUT2D eigenvalue weighted by atomic mass is 35.5. The normalized spacial score (nSPS) is 16.0. The highest BCUT2D eigenvalue weighted by molar-refractivity contribution is 6.03. The van der Waals surface area contributed by atoms with E-state index in [1.807, 2.05) is 0 Å². The molecule has 1 aromatic heterocycles. The van der Waals surface area contributed by atoms with Crippen molar-refractivity contribution in [1.29, 1.82) is 0 Å². The number of carbonyl (C=O) groups is 2. The highest BCUT2D eigenvalue weighted by Crippen LogP contribution is 2.22. The van der Waals surface area contributed by atoms with Crippen molar-refractivity contribution in [3.05, 3.63) is 51.8 Å². The van der Waals surface area contributed by atoms with Crippen LogP contribution in [0.3, 0.4) is 0 Å². The number of anilines is 1. The van der Waals surface area contributed by atoms with Gasteiger partial charge in [0.25, 0.3) is 11.6 Å². The first-order valence-electron chi connectivity index (χ1n) is 8.43. The molecule has 2 heterocycles. The van der Waals surface area contributed by atoms with E-state index in [9.17, 15) is 19.7 Å². The maximum Gasteiger partial charge on any atom is 0.338 e. The number of hydrogen-bond donors (Lipinski definition) is 2. The van der Waals surface area contributed by atoms with E-state index in [0.717, 1.165) is 32.0 Å². The van der Waals surface area contributed by atoms with Gasteiger partial charge in [-0.25, -0.2) is 4.79 Å². The fourth-order valence-electron chi connectivity index (χ4n) is 2.94. The number of hydrogen-bond acceptors (Lipinski definition) is 7. The molecule has 0 radical (unpaired) electrons. The van der Waals surface area contributed by atoms with E-state index in [0.29, 0.717) is 0 Å². The van der Waals surface area contributed by atoms with E-state index < -0.39 is 16.8 Å². The van der Waals surface area contributed by atoms with E-state index in [-0.39, 0.29) is 41.1 Å². The zero-order valence-electron chi connectivity index (χ0n) is 15.1. The third kappa shape index (κ3) is 4.84. The molecule has 1 aliphatic heterocycles. The van der Waals surface area contributed by atoms with Gasteiger partial charge in [0.2, 0.25) is 0 Å². The zero-order chi connectivity index (χ0) is 19.4. The molecule has 0 aliphatic carbocycles. The van der Waals surface area contributed by atoms with Crippen LogP contribution in [0.4, 0.5) is 11.4 Å². The van der Waals surface area contributed by atoms with Crippen molar-refractivity contribution in [2.75, 3.05) is 25.5 Å². The van der Waals surface area contributed by atoms with E-state index in [1.54, 1.807) is 16.9 Å². The Morgan fingerprint density at radius 3 is 2.82 bits per heavy atom. The second-order valence-corrected chi connectivity index (χ2v) is 6.15. The molecule has 11 heteroatoms. The van der Waals surface area contributed by atoms with Crippen LogP contribution >= 0.6 is 12.4 Å². The smallest absolute Gasteiger partial charge is 0.338 e. The molecule has 1 aliphatic rings. The number of esters is 1. The van der Waals surface area contributed by atoms with Crippen molar-refractivity contribution < 1.29 is 19.2 Å². The molecule has 28 heavy (non-hydrogen) atoms. The molecule has 150 valence electrons. The highest BCUT2D eigenvalue weighted by Gasteiger charge is 2.20. The fraction of sp³-hybridized carbons (Fsp3) is 0.353. The molecule has 1 amide bonds. The Bertz CT molecular complexity index is 879. The summed E-state index contributed by atoms with van der Waals surface area (Å²) in [6.45, 7) is 1.76. The Balaban J connectivity index is 0.00000280. The second kappa shape index (κ2) is 9.29. The number of non-ortho nitro benzene ring substituents is 1. The van der Waals surface area contributed by atoms with Gasteiger partial charge < -0.3 is 15.4 Å². The Labute approximate surface area is 166 Å². The lowest BCUT2D eigenvalue weighted by Crippen LogP contribution is -2.32. The van der Waals surface area contributed by atoms with Crippen LogP contribution < -0.4 is 10.6 Å². The molecule has 2 N–H and O–H groups in total. The van der Waals surface area contributed by atoms with Gasteiger partial charge in [0.15, 0.2) is 5.69 Å².